The molecule has 0 heterocycles. The van der Waals surface area contributed by atoms with E-state index in [1.807, 2.05) is 0 Å². The van der Waals surface area contributed by atoms with Crippen molar-refractivity contribution < 1.29 is 14.3 Å². The number of halogens is 5. The third-order valence-electron chi connectivity index (χ3n) is 1.91. The quantitative estimate of drug-likeness (QED) is 0.148. The van der Waals surface area contributed by atoms with Crippen LogP contribution in [-0.4, -0.2) is 19.2 Å². The van der Waals surface area contributed by atoms with Crippen molar-refractivity contribution in [2.24, 2.45) is 0 Å². The van der Waals surface area contributed by atoms with Crippen LogP contribution in [0.15, 0.2) is 35.0 Å². The molecule has 0 atom stereocenters. The maximum absolute atomic E-state index is 10.9. The summed E-state index contributed by atoms with van der Waals surface area (Å²) in [5, 5.41) is 0. The topological polar surface area (TPSA) is 35.5 Å². The summed E-state index contributed by atoms with van der Waals surface area (Å²) >= 11 is 17.2. The van der Waals surface area contributed by atoms with Crippen molar-refractivity contribution in [2.75, 3.05) is 13.2 Å². The van der Waals surface area contributed by atoms with Crippen molar-refractivity contribution in [3.63, 3.8) is 0 Å². The number of ether oxygens (including phenoxy) is 2. The summed E-state index contributed by atoms with van der Waals surface area (Å²) in [5.74, 6) is 0.136. The van der Waals surface area contributed by atoms with Crippen LogP contribution in [0.3, 0.4) is 0 Å². The number of hydrogen-bond donors (Lipinski definition) is 0. The van der Waals surface area contributed by atoms with Gasteiger partial charge < -0.3 is 9.47 Å². The standard InChI is InChI=1S/C11H7Br5O3/c1-2-5(17)18-3-4-19-11-9(15)7(13)6(12)8(14)10(11)16/h2H,1,3-4H2. The highest BCUT2D eigenvalue weighted by molar-refractivity contribution is 9.15. The van der Waals surface area contributed by atoms with Gasteiger partial charge >= 0.3 is 5.97 Å². The maximum atomic E-state index is 10.9. The molecule has 104 valence electrons. The van der Waals surface area contributed by atoms with Gasteiger partial charge in [0.15, 0.2) is 0 Å². The van der Waals surface area contributed by atoms with E-state index in [9.17, 15) is 4.79 Å². The molecule has 0 aliphatic rings. The zero-order valence-electron chi connectivity index (χ0n) is 9.31. The molecule has 0 saturated carbocycles. The van der Waals surface area contributed by atoms with Crippen LogP contribution in [0.25, 0.3) is 0 Å². The molecule has 0 radical (unpaired) electrons. The molecule has 0 N–H and O–H groups in total. The molecule has 0 saturated heterocycles. The average molecular weight is 587 g/mol. The van der Waals surface area contributed by atoms with Gasteiger partial charge in [0.2, 0.25) is 0 Å². The van der Waals surface area contributed by atoms with Crippen molar-refractivity contribution in [1.29, 1.82) is 0 Å². The fraction of sp³-hybridized carbons (Fsp3) is 0.182. The van der Waals surface area contributed by atoms with E-state index in [0.717, 1.165) is 28.4 Å². The average Bonchev–Trinajstić information content (AvgIpc) is 2.41. The molecule has 0 spiro atoms. The van der Waals surface area contributed by atoms with Gasteiger partial charge in [0.05, 0.1) is 17.9 Å². The van der Waals surface area contributed by atoms with Crippen LogP contribution >= 0.6 is 79.6 Å². The van der Waals surface area contributed by atoms with Gasteiger partial charge in [0, 0.05) is 10.5 Å². The first-order valence-electron chi connectivity index (χ1n) is 4.83. The van der Waals surface area contributed by atoms with Crippen molar-refractivity contribution in [2.45, 2.75) is 0 Å². The van der Waals surface area contributed by atoms with E-state index in [0.29, 0.717) is 5.75 Å². The molecule has 3 nitrogen and oxygen atoms in total. The summed E-state index contributed by atoms with van der Waals surface area (Å²) in [6.07, 6.45) is 1.11. The Labute approximate surface area is 152 Å². The lowest BCUT2D eigenvalue weighted by Crippen LogP contribution is -2.10. The highest BCUT2D eigenvalue weighted by atomic mass is 79.9. The van der Waals surface area contributed by atoms with Crippen molar-refractivity contribution >= 4 is 85.6 Å². The fourth-order valence-electron chi connectivity index (χ4n) is 1.06. The molecule has 0 aliphatic heterocycles. The van der Waals surface area contributed by atoms with Gasteiger partial charge in [-0.15, -0.1) is 0 Å². The Balaban J connectivity index is 2.79. The molecule has 0 unspecified atom stereocenters. The summed E-state index contributed by atoms with van der Waals surface area (Å²) < 4.78 is 14.4. The first-order valence-corrected chi connectivity index (χ1v) is 8.80. The van der Waals surface area contributed by atoms with Gasteiger partial charge in [-0.25, -0.2) is 4.79 Å². The molecule has 0 bridgehead atoms. The lowest BCUT2D eigenvalue weighted by atomic mass is 10.3. The molecule has 8 heteroatoms. The predicted molar refractivity (Wildman–Crippen MR) is 91.6 cm³/mol. The third-order valence-corrected chi connectivity index (χ3v) is 7.93. The summed E-state index contributed by atoms with van der Waals surface area (Å²) in [7, 11) is 0. The molecule has 1 aromatic rings. The van der Waals surface area contributed by atoms with E-state index in [1.165, 1.54) is 0 Å². The van der Waals surface area contributed by atoms with Gasteiger partial charge in [0.1, 0.15) is 19.0 Å². The van der Waals surface area contributed by atoms with Gasteiger partial charge in [-0.05, 0) is 79.6 Å². The number of carbonyl (C=O) groups is 1. The van der Waals surface area contributed by atoms with Crippen LogP contribution in [0.2, 0.25) is 0 Å². The SMILES string of the molecule is C=CC(=O)OCCOc1c(Br)c(Br)c(Br)c(Br)c1Br. The number of esters is 1. The van der Waals surface area contributed by atoms with Gasteiger partial charge in [-0.2, -0.15) is 0 Å². The minimum absolute atomic E-state index is 0.148. The molecular formula is C11H7Br5O3. The Bertz CT molecular complexity index is 487. The lowest BCUT2D eigenvalue weighted by Gasteiger charge is -2.14. The zero-order chi connectivity index (χ0) is 14.6. The highest BCUT2D eigenvalue weighted by Crippen LogP contribution is 2.48. The van der Waals surface area contributed by atoms with Crippen LogP contribution < -0.4 is 4.74 Å². The fourth-order valence-corrected chi connectivity index (χ4v) is 4.30. The smallest absolute Gasteiger partial charge is 0.330 e. The second-order valence-corrected chi connectivity index (χ2v) is 7.08. The lowest BCUT2D eigenvalue weighted by molar-refractivity contribution is -0.138. The number of hydrogen-bond acceptors (Lipinski definition) is 3. The minimum Gasteiger partial charge on any atom is -0.488 e. The van der Waals surface area contributed by atoms with Gasteiger partial charge in [0.25, 0.3) is 0 Å². The molecule has 0 amide bonds. The van der Waals surface area contributed by atoms with Crippen molar-refractivity contribution in [3.8, 4) is 5.75 Å². The second kappa shape index (κ2) is 8.17. The summed E-state index contributed by atoms with van der Waals surface area (Å²) in [5.41, 5.74) is 0. The van der Waals surface area contributed by atoms with E-state index in [2.05, 4.69) is 86.2 Å². The Morgan fingerprint density at radius 3 is 1.89 bits per heavy atom. The van der Waals surface area contributed by atoms with E-state index < -0.39 is 5.97 Å². The Morgan fingerprint density at radius 1 is 0.947 bits per heavy atom. The first-order chi connectivity index (χ1) is 8.90. The first kappa shape index (κ1) is 17.7. The zero-order valence-corrected chi connectivity index (χ0v) is 17.2. The molecule has 0 fully saturated rings. The van der Waals surface area contributed by atoms with Crippen molar-refractivity contribution in [3.05, 3.63) is 35.0 Å². The largest absolute Gasteiger partial charge is 0.488 e. The molecule has 19 heavy (non-hydrogen) atoms. The van der Waals surface area contributed by atoms with Crippen LogP contribution in [0.5, 0.6) is 5.75 Å². The van der Waals surface area contributed by atoms with Crippen LogP contribution in [0.4, 0.5) is 0 Å². The number of carbonyl (C=O) groups excluding carboxylic acids is 1. The highest BCUT2D eigenvalue weighted by Gasteiger charge is 2.18. The normalized spacial score (nSPS) is 10.2. The van der Waals surface area contributed by atoms with Crippen LogP contribution in [-0.2, 0) is 9.53 Å². The van der Waals surface area contributed by atoms with Crippen molar-refractivity contribution in [1.82, 2.24) is 0 Å². The van der Waals surface area contributed by atoms with Crippen LogP contribution in [0.1, 0.15) is 0 Å². The summed E-state index contributed by atoms with van der Waals surface area (Å²) in [4.78, 5) is 10.9. The summed E-state index contributed by atoms with van der Waals surface area (Å²) in [6, 6.07) is 0. The number of rotatable bonds is 5. The maximum Gasteiger partial charge on any atom is 0.330 e. The third kappa shape index (κ3) is 4.56. The molecule has 0 aromatic heterocycles. The molecular weight excluding hydrogens is 580 g/mol. The Morgan fingerprint density at radius 2 is 1.42 bits per heavy atom. The van der Waals surface area contributed by atoms with E-state index in [4.69, 9.17) is 9.47 Å². The molecule has 0 aliphatic carbocycles. The number of benzene rings is 1. The monoisotopic (exact) mass is 582 g/mol. The predicted octanol–water partition coefficient (Wildman–Crippen LogP) is 5.61. The van der Waals surface area contributed by atoms with Crippen LogP contribution in [0, 0.1) is 0 Å². The summed E-state index contributed by atoms with van der Waals surface area (Å²) in [6.45, 7) is 3.69. The van der Waals surface area contributed by atoms with E-state index in [-0.39, 0.29) is 13.2 Å². The Kier molecular flexibility index (Phi) is 7.60. The van der Waals surface area contributed by atoms with E-state index in [1.54, 1.807) is 0 Å². The van der Waals surface area contributed by atoms with E-state index >= 15 is 0 Å². The van der Waals surface area contributed by atoms with Gasteiger partial charge in [-0.1, -0.05) is 6.58 Å². The molecule has 1 rings (SSSR count). The Hall–Kier alpha value is 0.630. The van der Waals surface area contributed by atoms with Gasteiger partial charge in [-0.3, -0.25) is 0 Å². The second-order valence-electron chi connectivity index (χ2n) is 3.12. The molecule has 1 aromatic carbocycles. The minimum atomic E-state index is -0.472.